The van der Waals surface area contributed by atoms with E-state index in [-0.39, 0.29) is 11.7 Å². The molecule has 0 aromatic rings. The fraction of sp³-hybridized carbons (Fsp3) is 1.00. The Kier molecular flexibility index (Phi) is 2.65. The molecule has 0 radical (unpaired) electrons. The van der Waals surface area contributed by atoms with Crippen LogP contribution in [0.15, 0.2) is 0 Å². The van der Waals surface area contributed by atoms with Gasteiger partial charge in [0, 0.05) is 5.54 Å². The van der Waals surface area contributed by atoms with E-state index in [1.165, 1.54) is 0 Å². The topological polar surface area (TPSA) is 29.3 Å². The molecule has 0 aliphatic heterocycles. The molecule has 0 bridgehead atoms. The Balaban J connectivity index is 3.88. The molecule has 0 fully saturated rings. The van der Waals surface area contributed by atoms with Gasteiger partial charge in [0.1, 0.15) is 0 Å². The molecular weight excluding hydrogens is 112 g/mol. The zero-order valence-electron chi connectivity index (χ0n) is 7.10. The van der Waals surface area contributed by atoms with Crippen LogP contribution in [0.3, 0.4) is 0 Å². The first-order valence-corrected chi connectivity index (χ1v) is 3.34. The van der Waals surface area contributed by atoms with Crippen LogP contribution in [0.2, 0.25) is 0 Å². The molecule has 0 saturated heterocycles. The Labute approximate surface area is 58.0 Å². The SMILES string of the molecule is CC(N)N(C)C(C)(C)C. The van der Waals surface area contributed by atoms with Crippen molar-refractivity contribution in [3.63, 3.8) is 0 Å². The minimum absolute atomic E-state index is 0.144. The second-order valence-corrected chi connectivity index (χ2v) is 3.52. The highest BCUT2D eigenvalue weighted by Gasteiger charge is 2.18. The van der Waals surface area contributed by atoms with Gasteiger partial charge in [-0.25, -0.2) is 0 Å². The molecule has 1 unspecified atom stereocenters. The third-order valence-corrected chi connectivity index (χ3v) is 1.67. The van der Waals surface area contributed by atoms with Gasteiger partial charge < -0.3 is 5.73 Å². The normalized spacial score (nSPS) is 16.3. The largest absolute Gasteiger partial charge is 0.316 e. The number of rotatable bonds is 1. The van der Waals surface area contributed by atoms with Crippen molar-refractivity contribution in [2.75, 3.05) is 7.05 Å². The molecule has 0 aromatic heterocycles. The van der Waals surface area contributed by atoms with Crippen molar-refractivity contribution < 1.29 is 0 Å². The summed E-state index contributed by atoms with van der Waals surface area (Å²) < 4.78 is 0. The van der Waals surface area contributed by atoms with E-state index in [2.05, 4.69) is 25.7 Å². The lowest BCUT2D eigenvalue weighted by Crippen LogP contribution is -2.48. The van der Waals surface area contributed by atoms with Crippen LogP contribution < -0.4 is 5.73 Å². The summed E-state index contributed by atoms with van der Waals surface area (Å²) in [5.74, 6) is 0. The van der Waals surface area contributed by atoms with Gasteiger partial charge in [0.15, 0.2) is 0 Å². The summed E-state index contributed by atoms with van der Waals surface area (Å²) in [6, 6.07) is 0. The number of nitrogens with zero attached hydrogens (tertiary/aromatic N) is 1. The van der Waals surface area contributed by atoms with Crippen LogP contribution in [0.5, 0.6) is 0 Å². The quantitative estimate of drug-likeness (QED) is 0.537. The van der Waals surface area contributed by atoms with Crippen LogP contribution >= 0.6 is 0 Å². The molecular formula is C7H18N2. The molecule has 2 N–H and O–H groups in total. The lowest BCUT2D eigenvalue weighted by atomic mass is 10.1. The van der Waals surface area contributed by atoms with Crippen molar-refractivity contribution in [2.45, 2.75) is 39.4 Å². The summed E-state index contributed by atoms with van der Waals surface area (Å²) in [6.07, 6.45) is 0.144. The highest BCUT2D eigenvalue weighted by atomic mass is 15.2. The van der Waals surface area contributed by atoms with Crippen molar-refractivity contribution in [1.82, 2.24) is 4.90 Å². The summed E-state index contributed by atoms with van der Waals surface area (Å²) >= 11 is 0. The molecule has 0 rings (SSSR count). The van der Waals surface area contributed by atoms with E-state index in [0.29, 0.717) is 0 Å². The first kappa shape index (κ1) is 8.92. The van der Waals surface area contributed by atoms with Gasteiger partial charge in [-0.15, -0.1) is 0 Å². The van der Waals surface area contributed by atoms with Crippen LogP contribution in [0, 0.1) is 0 Å². The molecule has 0 amide bonds. The average Bonchev–Trinajstić information content (AvgIpc) is 1.62. The van der Waals surface area contributed by atoms with Crippen LogP contribution in [0.4, 0.5) is 0 Å². The molecule has 0 aromatic carbocycles. The van der Waals surface area contributed by atoms with Crippen molar-refractivity contribution in [3.05, 3.63) is 0 Å². The van der Waals surface area contributed by atoms with Crippen LogP contribution in [-0.2, 0) is 0 Å². The van der Waals surface area contributed by atoms with E-state index >= 15 is 0 Å². The minimum Gasteiger partial charge on any atom is -0.316 e. The van der Waals surface area contributed by atoms with Crippen molar-refractivity contribution in [2.24, 2.45) is 5.73 Å². The lowest BCUT2D eigenvalue weighted by Gasteiger charge is -2.34. The van der Waals surface area contributed by atoms with Crippen LogP contribution in [0.1, 0.15) is 27.7 Å². The van der Waals surface area contributed by atoms with Crippen molar-refractivity contribution in [3.8, 4) is 0 Å². The number of nitrogens with two attached hydrogens (primary N) is 1. The van der Waals surface area contributed by atoms with Crippen LogP contribution in [-0.4, -0.2) is 23.7 Å². The second kappa shape index (κ2) is 2.67. The van der Waals surface area contributed by atoms with Crippen molar-refractivity contribution >= 4 is 0 Å². The van der Waals surface area contributed by atoms with E-state index < -0.39 is 0 Å². The predicted molar refractivity (Wildman–Crippen MR) is 41.2 cm³/mol. The fourth-order valence-electron chi connectivity index (χ4n) is 0.611. The van der Waals surface area contributed by atoms with E-state index in [4.69, 9.17) is 5.73 Å². The summed E-state index contributed by atoms with van der Waals surface area (Å²) in [5, 5.41) is 0. The van der Waals surface area contributed by atoms with Gasteiger partial charge in [0.25, 0.3) is 0 Å². The molecule has 56 valence electrons. The molecule has 2 nitrogen and oxygen atoms in total. The molecule has 9 heavy (non-hydrogen) atoms. The Morgan fingerprint density at radius 3 is 1.67 bits per heavy atom. The van der Waals surface area contributed by atoms with E-state index in [1.54, 1.807) is 0 Å². The Hall–Kier alpha value is -0.0800. The predicted octanol–water partition coefficient (Wildman–Crippen LogP) is 1.02. The Bertz CT molecular complexity index is 81.4. The number of hydrogen-bond acceptors (Lipinski definition) is 2. The van der Waals surface area contributed by atoms with Gasteiger partial charge in [0.05, 0.1) is 6.17 Å². The molecule has 0 aliphatic carbocycles. The first-order chi connectivity index (χ1) is 3.85. The highest BCUT2D eigenvalue weighted by molar-refractivity contribution is 4.74. The Morgan fingerprint density at radius 1 is 1.33 bits per heavy atom. The monoisotopic (exact) mass is 130 g/mol. The van der Waals surface area contributed by atoms with Gasteiger partial charge in [-0.05, 0) is 34.7 Å². The molecule has 0 saturated carbocycles. The maximum absolute atomic E-state index is 5.65. The maximum atomic E-state index is 5.65. The van der Waals surface area contributed by atoms with E-state index in [9.17, 15) is 0 Å². The average molecular weight is 130 g/mol. The zero-order valence-corrected chi connectivity index (χ0v) is 7.10. The molecule has 2 heteroatoms. The summed E-state index contributed by atoms with van der Waals surface area (Å²) in [4.78, 5) is 2.13. The Morgan fingerprint density at radius 2 is 1.67 bits per heavy atom. The van der Waals surface area contributed by atoms with Gasteiger partial charge >= 0.3 is 0 Å². The smallest absolute Gasteiger partial charge is 0.0544 e. The van der Waals surface area contributed by atoms with E-state index in [0.717, 1.165) is 0 Å². The standard InChI is InChI=1S/C7H18N2/c1-6(8)9(5)7(2,3)4/h6H,8H2,1-5H3. The highest BCUT2D eigenvalue weighted by Crippen LogP contribution is 2.10. The summed E-state index contributed by atoms with van der Waals surface area (Å²) in [5.41, 5.74) is 5.84. The minimum atomic E-state index is 0.144. The maximum Gasteiger partial charge on any atom is 0.0544 e. The fourth-order valence-corrected chi connectivity index (χ4v) is 0.611. The third-order valence-electron chi connectivity index (χ3n) is 1.67. The zero-order chi connectivity index (χ0) is 7.65. The van der Waals surface area contributed by atoms with Gasteiger partial charge in [-0.3, -0.25) is 4.90 Å². The molecule has 0 aliphatic rings. The number of hydrogen-bond donors (Lipinski definition) is 1. The molecule has 0 heterocycles. The molecule has 1 atom stereocenters. The second-order valence-electron chi connectivity index (χ2n) is 3.52. The lowest BCUT2D eigenvalue weighted by molar-refractivity contribution is 0.129. The van der Waals surface area contributed by atoms with Crippen LogP contribution in [0.25, 0.3) is 0 Å². The summed E-state index contributed by atoms with van der Waals surface area (Å²) in [6.45, 7) is 8.44. The van der Waals surface area contributed by atoms with Gasteiger partial charge in [0.2, 0.25) is 0 Å². The summed E-state index contributed by atoms with van der Waals surface area (Å²) in [7, 11) is 2.03. The first-order valence-electron chi connectivity index (χ1n) is 3.34. The van der Waals surface area contributed by atoms with Crippen molar-refractivity contribution in [1.29, 1.82) is 0 Å². The third kappa shape index (κ3) is 2.82. The van der Waals surface area contributed by atoms with E-state index in [1.807, 2.05) is 14.0 Å². The van der Waals surface area contributed by atoms with Gasteiger partial charge in [-0.1, -0.05) is 0 Å². The van der Waals surface area contributed by atoms with Gasteiger partial charge in [-0.2, -0.15) is 0 Å². The molecule has 0 spiro atoms.